The number of aliphatic hydroxyl groups excluding tert-OH is 1. The van der Waals surface area contributed by atoms with Crippen LogP contribution < -0.4 is 5.32 Å². The van der Waals surface area contributed by atoms with Gasteiger partial charge in [-0.1, -0.05) is 24.3 Å². The molecule has 2 N–H and O–H groups in total. The number of benzene rings is 1. The lowest BCUT2D eigenvalue weighted by atomic mass is 9.96. The summed E-state index contributed by atoms with van der Waals surface area (Å²) in [5, 5.41) is 13.7. The Morgan fingerprint density at radius 1 is 1.06 bits per heavy atom. The molecule has 3 aromatic rings. The Morgan fingerprint density at radius 3 is 2.45 bits per heavy atom. The molecule has 1 aromatic carbocycles. The highest BCUT2D eigenvalue weighted by Gasteiger charge is 2.41. The maximum atomic E-state index is 9.46. The van der Waals surface area contributed by atoms with Crippen LogP contribution in [0.1, 0.15) is 52.3 Å². The number of nitrogens with zero attached hydrogens (tertiary/aromatic N) is 3. The summed E-state index contributed by atoms with van der Waals surface area (Å²) in [5.41, 5.74) is 8.37. The third-order valence-corrected chi connectivity index (χ3v) is 6.56. The molecule has 0 radical (unpaired) electrons. The SMILES string of the molecule is Cc1cccc(C)c1-n1c(C)cc([C@H]2[C@H](c3ccccn3)NC(=S)N2CCCO)c1C. The smallest absolute Gasteiger partial charge is 0.170 e. The molecule has 5 nitrogen and oxygen atoms in total. The topological polar surface area (TPSA) is 53.3 Å². The first-order valence-electron chi connectivity index (χ1n) is 10.8. The van der Waals surface area contributed by atoms with Gasteiger partial charge in [-0.3, -0.25) is 4.98 Å². The van der Waals surface area contributed by atoms with E-state index in [1.807, 2.05) is 24.4 Å². The van der Waals surface area contributed by atoms with Gasteiger partial charge < -0.3 is 19.9 Å². The van der Waals surface area contributed by atoms with E-state index in [1.54, 1.807) is 0 Å². The first-order chi connectivity index (χ1) is 14.9. The molecule has 1 aliphatic heterocycles. The Balaban J connectivity index is 1.86. The van der Waals surface area contributed by atoms with Crippen LogP contribution in [0.3, 0.4) is 0 Å². The number of nitrogens with one attached hydrogen (secondary N) is 1. The fourth-order valence-corrected chi connectivity index (χ4v) is 5.15. The van der Waals surface area contributed by atoms with E-state index in [1.165, 1.54) is 33.8 Å². The van der Waals surface area contributed by atoms with Crippen LogP contribution in [0.4, 0.5) is 0 Å². The van der Waals surface area contributed by atoms with Gasteiger partial charge in [-0.2, -0.15) is 0 Å². The molecule has 0 bridgehead atoms. The highest BCUT2D eigenvalue weighted by atomic mass is 32.1. The fraction of sp³-hybridized carbons (Fsp3) is 0.360. The zero-order valence-electron chi connectivity index (χ0n) is 18.6. The number of rotatable bonds is 6. The summed E-state index contributed by atoms with van der Waals surface area (Å²) in [6, 6.07) is 14.7. The van der Waals surface area contributed by atoms with Gasteiger partial charge in [0, 0.05) is 30.7 Å². The Bertz CT molecular complexity index is 1070. The van der Waals surface area contributed by atoms with E-state index < -0.39 is 0 Å². The summed E-state index contributed by atoms with van der Waals surface area (Å²) in [7, 11) is 0. The molecule has 1 fully saturated rings. The second-order valence-electron chi connectivity index (χ2n) is 8.30. The van der Waals surface area contributed by atoms with Crippen LogP contribution in [0.2, 0.25) is 0 Å². The first-order valence-corrected chi connectivity index (χ1v) is 11.2. The maximum Gasteiger partial charge on any atom is 0.170 e. The summed E-state index contributed by atoms with van der Waals surface area (Å²) >= 11 is 5.72. The number of hydrogen-bond donors (Lipinski definition) is 2. The van der Waals surface area contributed by atoms with Gasteiger partial charge in [0.2, 0.25) is 0 Å². The molecule has 2 aromatic heterocycles. The van der Waals surface area contributed by atoms with Gasteiger partial charge in [0.15, 0.2) is 5.11 Å². The molecule has 0 amide bonds. The van der Waals surface area contributed by atoms with E-state index >= 15 is 0 Å². The predicted octanol–water partition coefficient (Wildman–Crippen LogP) is 4.46. The first kappa shape index (κ1) is 21.5. The molecular formula is C25H30N4OS. The highest BCUT2D eigenvalue weighted by molar-refractivity contribution is 7.80. The van der Waals surface area contributed by atoms with Gasteiger partial charge in [-0.25, -0.2) is 0 Å². The van der Waals surface area contributed by atoms with Crippen molar-refractivity contribution in [2.24, 2.45) is 0 Å². The van der Waals surface area contributed by atoms with E-state index in [2.05, 4.69) is 71.7 Å². The van der Waals surface area contributed by atoms with Crippen molar-refractivity contribution >= 4 is 17.3 Å². The lowest BCUT2D eigenvalue weighted by Gasteiger charge is -2.28. The van der Waals surface area contributed by atoms with Crippen LogP contribution in [0.25, 0.3) is 5.69 Å². The molecule has 0 aliphatic carbocycles. The van der Waals surface area contributed by atoms with Crippen LogP contribution >= 0.6 is 12.2 Å². The largest absolute Gasteiger partial charge is 0.396 e. The number of thiocarbonyl (C=S) groups is 1. The monoisotopic (exact) mass is 434 g/mol. The average molecular weight is 435 g/mol. The van der Waals surface area contributed by atoms with E-state index in [0.29, 0.717) is 18.1 Å². The molecule has 2 atom stereocenters. The van der Waals surface area contributed by atoms with Gasteiger partial charge in [0.05, 0.1) is 23.5 Å². The van der Waals surface area contributed by atoms with E-state index in [0.717, 1.165) is 5.69 Å². The number of aliphatic hydroxyl groups is 1. The lowest BCUT2D eigenvalue weighted by Crippen LogP contribution is -2.31. The van der Waals surface area contributed by atoms with E-state index in [-0.39, 0.29) is 18.7 Å². The highest BCUT2D eigenvalue weighted by Crippen LogP contribution is 2.41. The second-order valence-corrected chi connectivity index (χ2v) is 8.69. The normalized spacial score (nSPS) is 18.5. The van der Waals surface area contributed by atoms with Crippen molar-refractivity contribution in [1.82, 2.24) is 19.8 Å². The number of aromatic nitrogens is 2. The van der Waals surface area contributed by atoms with Gasteiger partial charge >= 0.3 is 0 Å². The minimum Gasteiger partial charge on any atom is -0.396 e. The van der Waals surface area contributed by atoms with Gasteiger partial charge in [0.25, 0.3) is 0 Å². The molecule has 31 heavy (non-hydrogen) atoms. The van der Waals surface area contributed by atoms with Crippen LogP contribution in [-0.2, 0) is 0 Å². The number of pyridine rings is 1. The molecule has 1 aliphatic rings. The minimum absolute atomic E-state index is 0.0122. The summed E-state index contributed by atoms with van der Waals surface area (Å²) in [5.74, 6) is 0. The molecule has 3 heterocycles. The van der Waals surface area contributed by atoms with Crippen LogP contribution in [-0.4, -0.2) is 37.8 Å². The van der Waals surface area contributed by atoms with Gasteiger partial charge in [-0.15, -0.1) is 0 Å². The zero-order valence-corrected chi connectivity index (χ0v) is 19.4. The van der Waals surface area contributed by atoms with Crippen molar-refractivity contribution in [1.29, 1.82) is 0 Å². The molecule has 1 saturated heterocycles. The second kappa shape index (κ2) is 8.81. The summed E-state index contributed by atoms with van der Waals surface area (Å²) in [6.07, 6.45) is 2.50. The fourth-order valence-electron chi connectivity index (χ4n) is 4.82. The van der Waals surface area contributed by atoms with Crippen molar-refractivity contribution in [3.63, 3.8) is 0 Å². The van der Waals surface area contributed by atoms with Crippen LogP contribution in [0.5, 0.6) is 0 Å². The molecule has 6 heteroatoms. The number of aryl methyl sites for hydroxylation is 3. The minimum atomic E-state index is -0.0423. The number of para-hydroxylation sites is 1. The van der Waals surface area contributed by atoms with Crippen LogP contribution in [0, 0.1) is 27.7 Å². The Labute approximate surface area is 189 Å². The lowest BCUT2D eigenvalue weighted by molar-refractivity contribution is 0.247. The number of hydrogen-bond acceptors (Lipinski definition) is 3. The van der Waals surface area contributed by atoms with Gasteiger partial charge in [-0.05, 0) is 81.2 Å². The summed E-state index contributed by atoms with van der Waals surface area (Å²) in [4.78, 5) is 6.84. The molecule has 0 unspecified atom stereocenters. The van der Waals surface area contributed by atoms with Crippen molar-refractivity contribution in [3.05, 3.63) is 82.4 Å². The maximum absolute atomic E-state index is 9.46. The molecular weight excluding hydrogens is 404 g/mol. The standard InChI is InChI=1S/C25H30N4OS/c1-16-9-7-10-17(2)23(16)29-18(3)15-20(19(29)4)24-22(21-11-5-6-12-26-21)27-25(31)28(24)13-8-14-30/h5-7,9-12,15,22,24,30H,8,13-14H2,1-4H3,(H,27,31)/t22-,24-/m0/s1. The Hall–Kier alpha value is -2.70. The van der Waals surface area contributed by atoms with Crippen LogP contribution in [0.15, 0.2) is 48.7 Å². The van der Waals surface area contributed by atoms with E-state index in [4.69, 9.17) is 12.2 Å². The molecule has 162 valence electrons. The summed E-state index contributed by atoms with van der Waals surface area (Å²) < 4.78 is 2.36. The zero-order chi connectivity index (χ0) is 22.1. The van der Waals surface area contributed by atoms with Gasteiger partial charge in [0.1, 0.15) is 0 Å². The quantitative estimate of drug-likeness (QED) is 0.561. The third-order valence-electron chi connectivity index (χ3n) is 6.21. The third kappa shape index (κ3) is 3.86. The Morgan fingerprint density at radius 2 is 1.81 bits per heavy atom. The molecule has 0 saturated carbocycles. The van der Waals surface area contributed by atoms with Crippen molar-refractivity contribution in [2.75, 3.05) is 13.2 Å². The van der Waals surface area contributed by atoms with Crippen molar-refractivity contribution in [3.8, 4) is 5.69 Å². The van der Waals surface area contributed by atoms with E-state index in [9.17, 15) is 5.11 Å². The summed E-state index contributed by atoms with van der Waals surface area (Å²) in [6.45, 7) is 9.52. The predicted molar refractivity (Wildman–Crippen MR) is 129 cm³/mol. The molecule has 0 spiro atoms. The molecule has 4 rings (SSSR count). The van der Waals surface area contributed by atoms with Crippen molar-refractivity contribution < 1.29 is 5.11 Å². The van der Waals surface area contributed by atoms with Crippen molar-refractivity contribution in [2.45, 2.75) is 46.2 Å². The average Bonchev–Trinajstić information content (AvgIpc) is 3.23. The Kier molecular flexibility index (Phi) is 6.12.